The number of nitrogens with one attached hydrogen (secondary N) is 2. The van der Waals surface area contributed by atoms with E-state index in [-0.39, 0.29) is 0 Å². The number of hydrogen-bond donors (Lipinski definition) is 2. The molecule has 3 heterocycles. The monoisotopic (exact) mass is 388 g/mol. The molecular formula is C21H20N6O2. The van der Waals surface area contributed by atoms with Crippen molar-refractivity contribution in [1.82, 2.24) is 30.0 Å². The van der Waals surface area contributed by atoms with E-state index in [9.17, 15) is 9.59 Å². The standard InChI is InChI=1S/C21H20N6O2/c1-3-17-16(13-22-27(17)15-9-5-4-6-10-15)20(28)24-25-21(29)19-14(2)23-18-11-7-8-12-26(18)19/h4-13H,3H2,1-2H3,(H,24,28)(H,25,29). The van der Waals surface area contributed by atoms with Crippen LogP contribution in [0.1, 0.15) is 39.2 Å². The van der Waals surface area contributed by atoms with Gasteiger partial charge in [0.15, 0.2) is 0 Å². The van der Waals surface area contributed by atoms with E-state index in [1.807, 2.05) is 55.5 Å². The number of fused-ring (bicyclic) bond motifs is 1. The fraction of sp³-hybridized carbons (Fsp3) is 0.143. The topological polar surface area (TPSA) is 93.3 Å². The highest BCUT2D eigenvalue weighted by Crippen LogP contribution is 2.16. The van der Waals surface area contributed by atoms with Crippen LogP contribution in [0.5, 0.6) is 0 Å². The van der Waals surface area contributed by atoms with Gasteiger partial charge in [0, 0.05) is 6.20 Å². The third-order valence-electron chi connectivity index (χ3n) is 4.66. The van der Waals surface area contributed by atoms with Gasteiger partial charge in [-0.1, -0.05) is 31.2 Å². The van der Waals surface area contributed by atoms with E-state index < -0.39 is 11.8 Å². The summed E-state index contributed by atoms with van der Waals surface area (Å²) in [5, 5.41) is 4.34. The van der Waals surface area contributed by atoms with Crippen LogP contribution in [0, 0.1) is 6.92 Å². The third-order valence-corrected chi connectivity index (χ3v) is 4.66. The number of aryl methyl sites for hydroxylation is 1. The zero-order chi connectivity index (χ0) is 20.4. The number of nitrogens with zero attached hydrogens (tertiary/aromatic N) is 4. The van der Waals surface area contributed by atoms with Gasteiger partial charge in [-0.25, -0.2) is 9.67 Å². The maximum absolute atomic E-state index is 12.7. The van der Waals surface area contributed by atoms with Crippen molar-refractivity contribution in [1.29, 1.82) is 0 Å². The molecule has 0 fully saturated rings. The highest BCUT2D eigenvalue weighted by molar-refractivity contribution is 5.99. The fourth-order valence-electron chi connectivity index (χ4n) is 3.32. The number of para-hydroxylation sites is 1. The number of pyridine rings is 1. The lowest BCUT2D eigenvalue weighted by atomic mass is 10.2. The second-order valence-electron chi connectivity index (χ2n) is 6.49. The van der Waals surface area contributed by atoms with Crippen LogP contribution in [0.2, 0.25) is 0 Å². The Balaban J connectivity index is 1.54. The molecule has 0 saturated heterocycles. The van der Waals surface area contributed by atoms with E-state index in [0.717, 1.165) is 11.4 Å². The molecule has 0 spiro atoms. The molecule has 4 rings (SSSR count). The zero-order valence-corrected chi connectivity index (χ0v) is 16.1. The number of amides is 2. The number of carbonyl (C=O) groups excluding carboxylic acids is 2. The normalized spacial score (nSPS) is 10.8. The van der Waals surface area contributed by atoms with Crippen LogP contribution in [0.3, 0.4) is 0 Å². The van der Waals surface area contributed by atoms with Crippen molar-refractivity contribution in [2.24, 2.45) is 0 Å². The van der Waals surface area contributed by atoms with E-state index in [1.165, 1.54) is 6.20 Å². The summed E-state index contributed by atoms with van der Waals surface area (Å²) in [7, 11) is 0. The van der Waals surface area contributed by atoms with Crippen molar-refractivity contribution in [2.75, 3.05) is 0 Å². The number of carbonyl (C=O) groups is 2. The van der Waals surface area contributed by atoms with Crippen molar-refractivity contribution in [3.05, 3.63) is 83.6 Å². The van der Waals surface area contributed by atoms with E-state index in [4.69, 9.17) is 0 Å². The predicted molar refractivity (Wildman–Crippen MR) is 108 cm³/mol. The zero-order valence-electron chi connectivity index (χ0n) is 16.1. The molecule has 0 aliphatic rings. The minimum absolute atomic E-state index is 0.372. The summed E-state index contributed by atoms with van der Waals surface area (Å²) in [6.45, 7) is 3.70. The summed E-state index contributed by atoms with van der Waals surface area (Å²) < 4.78 is 3.41. The molecule has 0 saturated carbocycles. The Bertz CT molecular complexity index is 1190. The summed E-state index contributed by atoms with van der Waals surface area (Å²) in [6.07, 6.45) is 3.87. The highest BCUT2D eigenvalue weighted by atomic mass is 16.2. The second-order valence-corrected chi connectivity index (χ2v) is 6.49. The minimum atomic E-state index is -0.442. The molecule has 0 bridgehead atoms. The van der Waals surface area contributed by atoms with Crippen LogP contribution in [-0.4, -0.2) is 31.0 Å². The molecule has 8 heteroatoms. The Morgan fingerprint density at radius 3 is 2.48 bits per heavy atom. The smallest absolute Gasteiger partial charge is 0.288 e. The molecule has 0 aliphatic heterocycles. The molecule has 3 aromatic heterocycles. The number of rotatable bonds is 4. The Morgan fingerprint density at radius 2 is 1.72 bits per heavy atom. The number of imidazole rings is 1. The molecule has 29 heavy (non-hydrogen) atoms. The SMILES string of the molecule is CCc1c(C(=O)NNC(=O)c2c(C)nc3ccccn23)cnn1-c1ccccc1. The van der Waals surface area contributed by atoms with Crippen LogP contribution >= 0.6 is 0 Å². The Morgan fingerprint density at radius 1 is 1.00 bits per heavy atom. The summed E-state index contributed by atoms with van der Waals surface area (Å²) >= 11 is 0. The average molecular weight is 388 g/mol. The van der Waals surface area contributed by atoms with Gasteiger partial charge in [-0.15, -0.1) is 0 Å². The molecule has 2 N–H and O–H groups in total. The molecule has 146 valence electrons. The number of hydrogen-bond acceptors (Lipinski definition) is 4. The maximum atomic E-state index is 12.7. The van der Waals surface area contributed by atoms with Gasteiger partial charge >= 0.3 is 0 Å². The predicted octanol–water partition coefficient (Wildman–Crippen LogP) is 2.47. The molecule has 2 amide bonds. The lowest BCUT2D eigenvalue weighted by molar-refractivity contribution is 0.0842. The first-order valence-electron chi connectivity index (χ1n) is 9.26. The van der Waals surface area contributed by atoms with E-state index in [1.54, 1.807) is 22.2 Å². The number of hydrazine groups is 1. The summed E-state index contributed by atoms with van der Waals surface area (Å²) in [5.74, 6) is -0.869. The van der Waals surface area contributed by atoms with E-state index in [2.05, 4.69) is 20.9 Å². The van der Waals surface area contributed by atoms with Crippen LogP contribution in [-0.2, 0) is 6.42 Å². The Hall–Kier alpha value is -3.94. The van der Waals surface area contributed by atoms with Gasteiger partial charge in [0.2, 0.25) is 0 Å². The molecule has 4 aromatic rings. The van der Waals surface area contributed by atoms with Crippen LogP contribution in [0.25, 0.3) is 11.3 Å². The van der Waals surface area contributed by atoms with Crippen LogP contribution in [0.15, 0.2) is 60.9 Å². The third kappa shape index (κ3) is 3.36. The summed E-state index contributed by atoms with van der Waals surface area (Å²) in [5.41, 5.74) is 8.62. The van der Waals surface area contributed by atoms with Gasteiger partial charge in [0.25, 0.3) is 11.8 Å². The molecule has 0 atom stereocenters. The summed E-state index contributed by atoms with van der Waals surface area (Å²) in [4.78, 5) is 29.7. The largest absolute Gasteiger partial charge is 0.295 e. The lowest BCUT2D eigenvalue weighted by Gasteiger charge is -2.09. The number of benzene rings is 1. The number of aromatic nitrogens is 4. The maximum Gasteiger partial charge on any atom is 0.288 e. The quantitative estimate of drug-likeness (QED) is 0.525. The second kappa shape index (κ2) is 7.59. The average Bonchev–Trinajstić information content (AvgIpc) is 3.32. The molecule has 0 aliphatic carbocycles. The van der Waals surface area contributed by atoms with E-state index >= 15 is 0 Å². The van der Waals surface area contributed by atoms with E-state index in [0.29, 0.717) is 29.0 Å². The molecular weight excluding hydrogens is 368 g/mol. The van der Waals surface area contributed by atoms with Crippen molar-refractivity contribution in [2.45, 2.75) is 20.3 Å². The van der Waals surface area contributed by atoms with Crippen molar-refractivity contribution in [3.63, 3.8) is 0 Å². The van der Waals surface area contributed by atoms with Crippen molar-refractivity contribution < 1.29 is 9.59 Å². The first kappa shape index (κ1) is 18.4. The minimum Gasteiger partial charge on any atom is -0.295 e. The first-order chi connectivity index (χ1) is 14.1. The van der Waals surface area contributed by atoms with Crippen LogP contribution < -0.4 is 10.9 Å². The van der Waals surface area contributed by atoms with Gasteiger partial charge in [-0.2, -0.15) is 5.10 Å². The lowest BCUT2D eigenvalue weighted by Crippen LogP contribution is -2.42. The van der Waals surface area contributed by atoms with Gasteiger partial charge in [0.1, 0.15) is 11.3 Å². The highest BCUT2D eigenvalue weighted by Gasteiger charge is 2.20. The van der Waals surface area contributed by atoms with Gasteiger partial charge < -0.3 is 0 Å². The van der Waals surface area contributed by atoms with Crippen molar-refractivity contribution in [3.8, 4) is 5.69 Å². The van der Waals surface area contributed by atoms with Gasteiger partial charge in [0.05, 0.1) is 28.8 Å². The van der Waals surface area contributed by atoms with Gasteiger partial charge in [-0.05, 0) is 37.6 Å². The molecule has 8 nitrogen and oxygen atoms in total. The summed E-state index contributed by atoms with van der Waals surface area (Å²) in [6, 6.07) is 15.1. The fourth-order valence-corrected chi connectivity index (χ4v) is 3.32. The first-order valence-corrected chi connectivity index (χ1v) is 9.26. The Kier molecular flexibility index (Phi) is 4.82. The van der Waals surface area contributed by atoms with Gasteiger partial charge in [-0.3, -0.25) is 24.8 Å². The Labute approximate surface area is 167 Å². The molecule has 1 aromatic carbocycles. The van der Waals surface area contributed by atoms with Crippen LogP contribution in [0.4, 0.5) is 0 Å². The van der Waals surface area contributed by atoms with Crippen molar-refractivity contribution >= 4 is 17.5 Å². The molecule has 0 radical (unpaired) electrons. The molecule has 0 unspecified atom stereocenters.